The highest BCUT2D eigenvalue weighted by Crippen LogP contribution is 2.19. The Morgan fingerprint density at radius 3 is 2.64 bits per heavy atom. The highest BCUT2D eigenvalue weighted by atomic mass is 15.3. The van der Waals surface area contributed by atoms with E-state index in [1.165, 1.54) is 12.0 Å². The van der Waals surface area contributed by atoms with Crippen molar-refractivity contribution >= 4 is 5.95 Å². The highest BCUT2D eigenvalue weighted by molar-refractivity contribution is 5.31. The summed E-state index contributed by atoms with van der Waals surface area (Å²) in [5.74, 6) is 1.68. The van der Waals surface area contributed by atoms with E-state index < -0.39 is 0 Å². The van der Waals surface area contributed by atoms with Crippen LogP contribution in [0.15, 0.2) is 12.4 Å². The third-order valence-corrected chi connectivity index (χ3v) is 2.81. The zero-order chi connectivity index (χ0) is 9.97. The molecule has 1 aromatic heterocycles. The third kappa shape index (κ3) is 1.86. The second-order valence-electron chi connectivity index (χ2n) is 4.08. The molecule has 1 saturated heterocycles. The van der Waals surface area contributed by atoms with E-state index in [2.05, 4.69) is 28.7 Å². The molecule has 14 heavy (non-hydrogen) atoms. The molecule has 2 heterocycles. The zero-order valence-electron chi connectivity index (χ0n) is 8.90. The first-order chi connectivity index (χ1) is 6.79. The summed E-state index contributed by atoms with van der Waals surface area (Å²) in [5.41, 5.74) is 1.21. The molecule has 0 amide bonds. The molecule has 0 saturated carbocycles. The van der Waals surface area contributed by atoms with Gasteiger partial charge in [-0.25, -0.2) is 9.97 Å². The van der Waals surface area contributed by atoms with E-state index in [-0.39, 0.29) is 0 Å². The lowest BCUT2D eigenvalue weighted by atomic mass is 10.2. The van der Waals surface area contributed by atoms with Crippen molar-refractivity contribution in [2.75, 3.05) is 18.0 Å². The Labute approximate surface area is 85.2 Å². The van der Waals surface area contributed by atoms with Crippen LogP contribution >= 0.6 is 0 Å². The van der Waals surface area contributed by atoms with Crippen molar-refractivity contribution in [1.82, 2.24) is 9.97 Å². The van der Waals surface area contributed by atoms with Gasteiger partial charge in [0.05, 0.1) is 0 Å². The third-order valence-electron chi connectivity index (χ3n) is 2.81. The summed E-state index contributed by atoms with van der Waals surface area (Å²) in [5, 5.41) is 0. The van der Waals surface area contributed by atoms with E-state index >= 15 is 0 Å². The van der Waals surface area contributed by atoms with Crippen LogP contribution in [0.1, 0.15) is 25.8 Å². The molecular formula is C11H17N3. The fourth-order valence-corrected chi connectivity index (χ4v) is 1.81. The van der Waals surface area contributed by atoms with Crippen LogP contribution < -0.4 is 4.90 Å². The summed E-state index contributed by atoms with van der Waals surface area (Å²) in [7, 11) is 0. The Hall–Kier alpha value is -1.12. The predicted octanol–water partition coefficient (Wildman–Crippen LogP) is 1.89. The first-order valence-corrected chi connectivity index (χ1v) is 5.35. The lowest BCUT2D eigenvalue weighted by molar-refractivity contribution is 0.658. The second kappa shape index (κ2) is 3.95. The van der Waals surface area contributed by atoms with E-state index in [4.69, 9.17) is 0 Å². The molecule has 3 heteroatoms. The molecule has 1 fully saturated rings. The molecule has 0 aliphatic carbocycles. The Morgan fingerprint density at radius 2 is 2.14 bits per heavy atom. The Morgan fingerprint density at radius 1 is 1.43 bits per heavy atom. The quantitative estimate of drug-likeness (QED) is 0.714. The standard InChI is InChI=1S/C11H17N3/c1-3-10-6-12-11(13-7-10)14-5-4-9(2)8-14/h6-7,9H,3-5,8H2,1-2H3. The van der Waals surface area contributed by atoms with Crippen LogP contribution in [-0.2, 0) is 6.42 Å². The number of aromatic nitrogens is 2. The van der Waals surface area contributed by atoms with Crippen molar-refractivity contribution in [1.29, 1.82) is 0 Å². The monoisotopic (exact) mass is 191 g/mol. The number of hydrogen-bond donors (Lipinski definition) is 0. The van der Waals surface area contributed by atoms with E-state index in [1.807, 2.05) is 12.4 Å². The van der Waals surface area contributed by atoms with E-state index in [0.29, 0.717) is 0 Å². The van der Waals surface area contributed by atoms with Gasteiger partial charge >= 0.3 is 0 Å². The molecule has 2 rings (SSSR count). The summed E-state index contributed by atoms with van der Waals surface area (Å²) in [4.78, 5) is 11.0. The molecule has 1 aliphatic heterocycles. The van der Waals surface area contributed by atoms with E-state index in [1.54, 1.807) is 0 Å². The van der Waals surface area contributed by atoms with Gasteiger partial charge in [-0.1, -0.05) is 13.8 Å². The van der Waals surface area contributed by atoms with Gasteiger partial charge in [-0.05, 0) is 24.3 Å². The average molecular weight is 191 g/mol. The minimum Gasteiger partial charge on any atom is -0.341 e. The van der Waals surface area contributed by atoms with Crippen molar-refractivity contribution in [3.63, 3.8) is 0 Å². The van der Waals surface area contributed by atoms with E-state index in [9.17, 15) is 0 Å². The van der Waals surface area contributed by atoms with Gasteiger partial charge in [0, 0.05) is 25.5 Å². The van der Waals surface area contributed by atoms with Crippen LogP contribution in [0.5, 0.6) is 0 Å². The fraction of sp³-hybridized carbons (Fsp3) is 0.636. The molecule has 76 valence electrons. The molecule has 0 aromatic carbocycles. The van der Waals surface area contributed by atoms with Crippen LogP contribution in [0.3, 0.4) is 0 Å². The molecular weight excluding hydrogens is 174 g/mol. The molecule has 0 radical (unpaired) electrons. The van der Waals surface area contributed by atoms with Crippen molar-refractivity contribution < 1.29 is 0 Å². The zero-order valence-corrected chi connectivity index (χ0v) is 8.90. The molecule has 0 N–H and O–H groups in total. The van der Waals surface area contributed by atoms with Crippen LogP contribution in [-0.4, -0.2) is 23.1 Å². The van der Waals surface area contributed by atoms with E-state index in [0.717, 1.165) is 31.4 Å². The van der Waals surface area contributed by atoms with Crippen molar-refractivity contribution in [3.05, 3.63) is 18.0 Å². The topological polar surface area (TPSA) is 29.0 Å². The maximum absolute atomic E-state index is 4.38. The first-order valence-electron chi connectivity index (χ1n) is 5.35. The van der Waals surface area contributed by atoms with Crippen LogP contribution in [0, 0.1) is 5.92 Å². The van der Waals surface area contributed by atoms with Crippen LogP contribution in [0.4, 0.5) is 5.95 Å². The molecule has 0 bridgehead atoms. The number of anilines is 1. The number of aryl methyl sites for hydroxylation is 1. The van der Waals surface area contributed by atoms with Crippen LogP contribution in [0.25, 0.3) is 0 Å². The van der Waals surface area contributed by atoms with Crippen molar-refractivity contribution in [3.8, 4) is 0 Å². The lowest BCUT2D eigenvalue weighted by Crippen LogP contribution is -2.21. The Kier molecular flexibility index (Phi) is 2.66. The number of hydrogen-bond acceptors (Lipinski definition) is 3. The van der Waals surface area contributed by atoms with Gasteiger partial charge in [0.25, 0.3) is 0 Å². The summed E-state index contributed by atoms with van der Waals surface area (Å²) >= 11 is 0. The Balaban J connectivity index is 2.09. The molecule has 1 aromatic rings. The molecule has 3 nitrogen and oxygen atoms in total. The number of nitrogens with zero attached hydrogens (tertiary/aromatic N) is 3. The van der Waals surface area contributed by atoms with Crippen molar-refractivity contribution in [2.45, 2.75) is 26.7 Å². The predicted molar refractivity (Wildman–Crippen MR) is 57.4 cm³/mol. The maximum atomic E-state index is 4.38. The summed E-state index contributed by atoms with van der Waals surface area (Å²) in [6.07, 6.45) is 6.15. The average Bonchev–Trinajstić information content (AvgIpc) is 2.65. The minimum absolute atomic E-state index is 0.782. The molecule has 1 unspecified atom stereocenters. The van der Waals surface area contributed by atoms with Gasteiger partial charge in [0.2, 0.25) is 5.95 Å². The van der Waals surface area contributed by atoms with Gasteiger partial charge in [-0.3, -0.25) is 0 Å². The highest BCUT2D eigenvalue weighted by Gasteiger charge is 2.20. The normalized spacial score (nSPS) is 21.6. The van der Waals surface area contributed by atoms with Gasteiger partial charge in [-0.2, -0.15) is 0 Å². The molecule has 1 aliphatic rings. The smallest absolute Gasteiger partial charge is 0.225 e. The summed E-state index contributed by atoms with van der Waals surface area (Å²) < 4.78 is 0. The van der Waals surface area contributed by atoms with Crippen molar-refractivity contribution in [2.24, 2.45) is 5.92 Å². The fourth-order valence-electron chi connectivity index (χ4n) is 1.81. The van der Waals surface area contributed by atoms with Gasteiger partial charge < -0.3 is 4.90 Å². The molecule has 1 atom stereocenters. The van der Waals surface area contributed by atoms with Crippen LogP contribution in [0.2, 0.25) is 0 Å². The molecule has 0 spiro atoms. The van der Waals surface area contributed by atoms with Gasteiger partial charge in [0.15, 0.2) is 0 Å². The Bertz CT molecular complexity index is 294. The summed E-state index contributed by atoms with van der Waals surface area (Å²) in [6.45, 7) is 6.61. The SMILES string of the molecule is CCc1cnc(N2CCC(C)C2)nc1. The van der Waals surface area contributed by atoms with Gasteiger partial charge in [0.1, 0.15) is 0 Å². The first kappa shape index (κ1) is 9.44. The minimum atomic E-state index is 0.782. The summed E-state index contributed by atoms with van der Waals surface area (Å²) in [6, 6.07) is 0. The number of rotatable bonds is 2. The lowest BCUT2D eigenvalue weighted by Gasteiger charge is -2.15. The second-order valence-corrected chi connectivity index (χ2v) is 4.08. The van der Waals surface area contributed by atoms with Gasteiger partial charge in [-0.15, -0.1) is 0 Å². The largest absolute Gasteiger partial charge is 0.341 e. The maximum Gasteiger partial charge on any atom is 0.225 e.